The molecule has 43 heavy (non-hydrogen) atoms. The molecule has 0 amide bonds. The van der Waals surface area contributed by atoms with Crippen molar-refractivity contribution < 1.29 is 0 Å². The predicted molar refractivity (Wildman–Crippen MR) is 188 cm³/mol. The van der Waals surface area contributed by atoms with E-state index < -0.39 is 0 Å². The lowest BCUT2D eigenvalue weighted by Gasteiger charge is -2.56. The third kappa shape index (κ3) is 11.8. The second-order valence-electron chi connectivity index (χ2n) is 18.9. The fourth-order valence-electron chi connectivity index (χ4n) is 10.0. The average Bonchev–Trinajstić information content (AvgIpc) is 2.75. The maximum absolute atomic E-state index is 4.23. The minimum atomic E-state index is 0.155. The highest BCUT2D eigenvalue weighted by Gasteiger charge is 2.45. The van der Waals surface area contributed by atoms with E-state index in [1.165, 1.54) is 83.6 Å². The molecule has 3 aliphatic rings. The van der Waals surface area contributed by atoms with Crippen molar-refractivity contribution in [2.45, 2.75) is 225 Å². The van der Waals surface area contributed by atoms with Gasteiger partial charge in [0.2, 0.25) is 0 Å². The predicted octanol–water partition coefficient (Wildman–Crippen LogP) is 7.08. The summed E-state index contributed by atoms with van der Waals surface area (Å²) >= 11 is 0. The van der Waals surface area contributed by atoms with Gasteiger partial charge in [0.15, 0.2) is 0 Å². The molecule has 3 heterocycles. The monoisotopic (exact) mass is 605 g/mol. The van der Waals surface area contributed by atoms with Crippen LogP contribution in [-0.4, -0.2) is 75.5 Å². The third-order valence-corrected chi connectivity index (χ3v) is 10.5. The van der Waals surface area contributed by atoms with Crippen LogP contribution in [0.4, 0.5) is 0 Å². The van der Waals surface area contributed by atoms with Gasteiger partial charge in [-0.25, -0.2) is 0 Å². The van der Waals surface area contributed by atoms with Crippen LogP contribution in [-0.2, 0) is 0 Å². The standard InChI is InChI=1S/C37H76N6/c1-14-15-21-43-36(10,11)26-30(27-37(43,12)13)40-31(39-29-24-34(6,7)42-35(8,9)25-29)19-17-16-18-20-38-28-22-32(2,3)41-33(4,5)23-28/h28-31,38-42H,14-27H2,1-13H3. The first-order chi connectivity index (χ1) is 19.6. The first-order valence-electron chi connectivity index (χ1n) is 18.2. The van der Waals surface area contributed by atoms with Crippen LogP contribution in [0.3, 0.4) is 0 Å². The lowest BCUT2D eigenvalue weighted by atomic mass is 9.76. The zero-order valence-corrected chi connectivity index (χ0v) is 31.2. The SMILES string of the molecule is CCCCN1C(C)(C)CC(NC(CCCCCNC2CC(C)(C)NC(C)(C)C2)NC2CC(C)(C)NC(C)(C)C2)CC1(C)C. The van der Waals surface area contributed by atoms with Gasteiger partial charge in [0, 0.05) is 51.4 Å². The van der Waals surface area contributed by atoms with Gasteiger partial charge >= 0.3 is 0 Å². The Kier molecular flexibility index (Phi) is 12.3. The first-order valence-corrected chi connectivity index (χ1v) is 18.2. The van der Waals surface area contributed by atoms with E-state index in [9.17, 15) is 0 Å². The molecule has 3 fully saturated rings. The van der Waals surface area contributed by atoms with Gasteiger partial charge < -0.3 is 16.0 Å². The maximum Gasteiger partial charge on any atom is 0.0575 e. The summed E-state index contributed by atoms with van der Waals surface area (Å²) in [6.07, 6.45) is 15.2. The Hall–Kier alpha value is -0.240. The molecule has 0 aromatic heterocycles. The van der Waals surface area contributed by atoms with Crippen LogP contribution >= 0.6 is 0 Å². The number of nitrogens with one attached hydrogen (secondary N) is 5. The van der Waals surface area contributed by atoms with Gasteiger partial charge in [0.05, 0.1) is 6.17 Å². The van der Waals surface area contributed by atoms with Crippen LogP contribution in [0.25, 0.3) is 0 Å². The van der Waals surface area contributed by atoms with Crippen molar-refractivity contribution in [3.63, 3.8) is 0 Å². The number of rotatable bonds is 14. The minimum Gasteiger partial charge on any atom is -0.314 e. The molecule has 0 aliphatic carbocycles. The van der Waals surface area contributed by atoms with Crippen LogP contribution in [0, 0.1) is 0 Å². The molecule has 5 N–H and O–H groups in total. The zero-order chi connectivity index (χ0) is 32.3. The Bertz CT molecular complexity index is 809. The Balaban J connectivity index is 1.58. The van der Waals surface area contributed by atoms with Gasteiger partial charge in [-0.3, -0.25) is 15.5 Å². The fourth-order valence-corrected chi connectivity index (χ4v) is 10.0. The molecule has 0 aromatic rings. The molecule has 0 spiro atoms. The van der Waals surface area contributed by atoms with E-state index in [2.05, 4.69) is 121 Å². The fraction of sp³-hybridized carbons (Fsp3) is 1.00. The summed E-state index contributed by atoms with van der Waals surface area (Å²) in [6, 6.07) is 1.68. The Morgan fingerprint density at radius 2 is 1.02 bits per heavy atom. The molecule has 0 aromatic carbocycles. The van der Waals surface area contributed by atoms with Crippen molar-refractivity contribution in [2.75, 3.05) is 13.1 Å². The van der Waals surface area contributed by atoms with Crippen LogP contribution < -0.4 is 26.6 Å². The topological polar surface area (TPSA) is 63.4 Å². The molecule has 3 rings (SSSR count). The number of likely N-dealkylation sites (tertiary alicyclic amines) is 1. The molecule has 3 aliphatic heterocycles. The van der Waals surface area contributed by atoms with E-state index >= 15 is 0 Å². The van der Waals surface area contributed by atoms with Crippen LogP contribution in [0.1, 0.15) is 167 Å². The number of hydrogen-bond donors (Lipinski definition) is 5. The molecule has 254 valence electrons. The smallest absolute Gasteiger partial charge is 0.0575 e. The molecular formula is C37H76N6. The summed E-state index contributed by atoms with van der Waals surface area (Å²) in [4.78, 5) is 2.81. The van der Waals surface area contributed by atoms with Crippen molar-refractivity contribution >= 4 is 0 Å². The Labute approximate surface area is 268 Å². The molecular weight excluding hydrogens is 528 g/mol. The quantitative estimate of drug-likeness (QED) is 0.108. The third-order valence-electron chi connectivity index (χ3n) is 10.5. The van der Waals surface area contributed by atoms with Gasteiger partial charge in [0.25, 0.3) is 0 Å². The lowest BCUT2D eigenvalue weighted by Crippen LogP contribution is -2.67. The van der Waals surface area contributed by atoms with Gasteiger partial charge in [-0.1, -0.05) is 26.2 Å². The van der Waals surface area contributed by atoms with Gasteiger partial charge in [-0.05, 0) is 154 Å². The number of unbranched alkanes of at least 4 members (excludes halogenated alkanes) is 3. The maximum atomic E-state index is 4.23. The number of nitrogens with zero attached hydrogens (tertiary/aromatic N) is 1. The summed E-state index contributed by atoms with van der Waals surface area (Å²) < 4.78 is 0. The molecule has 1 atom stereocenters. The molecule has 6 nitrogen and oxygen atoms in total. The normalized spacial score (nSPS) is 28.1. The second kappa shape index (κ2) is 14.3. The van der Waals surface area contributed by atoms with Gasteiger partial charge in [-0.15, -0.1) is 0 Å². The van der Waals surface area contributed by atoms with Crippen LogP contribution in [0.5, 0.6) is 0 Å². The second-order valence-corrected chi connectivity index (χ2v) is 18.9. The molecule has 0 radical (unpaired) electrons. The van der Waals surface area contributed by atoms with Crippen molar-refractivity contribution in [3.05, 3.63) is 0 Å². The average molecular weight is 605 g/mol. The van der Waals surface area contributed by atoms with Crippen LogP contribution in [0.2, 0.25) is 0 Å². The van der Waals surface area contributed by atoms with Crippen molar-refractivity contribution in [3.8, 4) is 0 Å². The van der Waals surface area contributed by atoms with E-state index in [4.69, 9.17) is 0 Å². The molecule has 1 unspecified atom stereocenters. The highest BCUT2D eigenvalue weighted by molar-refractivity contribution is 5.04. The molecule has 0 bridgehead atoms. The van der Waals surface area contributed by atoms with Gasteiger partial charge in [0.1, 0.15) is 0 Å². The molecule has 3 saturated heterocycles. The van der Waals surface area contributed by atoms with Crippen LogP contribution in [0.15, 0.2) is 0 Å². The largest absolute Gasteiger partial charge is 0.314 e. The summed E-state index contributed by atoms with van der Waals surface area (Å²) in [5.41, 5.74) is 1.14. The van der Waals surface area contributed by atoms with E-state index in [1.807, 2.05) is 0 Å². The summed E-state index contributed by atoms with van der Waals surface area (Å²) in [6.45, 7) is 33.5. The zero-order valence-electron chi connectivity index (χ0n) is 31.2. The van der Waals surface area contributed by atoms with Crippen molar-refractivity contribution in [1.82, 2.24) is 31.5 Å². The number of piperidine rings is 3. The highest BCUT2D eigenvalue weighted by Crippen LogP contribution is 2.39. The highest BCUT2D eigenvalue weighted by atomic mass is 15.3. The molecule has 6 heteroatoms. The Morgan fingerprint density at radius 1 is 0.581 bits per heavy atom. The Morgan fingerprint density at radius 3 is 1.49 bits per heavy atom. The number of hydrogen-bond acceptors (Lipinski definition) is 6. The molecule has 0 saturated carbocycles. The lowest BCUT2D eigenvalue weighted by molar-refractivity contribution is -0.0441. The van der Waals surface area contributed by atoms with E-state index in [0.29, 0.717) is 24.3 Å². The van der Waals surface area contributed by atoms with Crippen molar-refractivity contribution in [2.24, 2.45) is 0 Å². The minimum absolute atomic E-state index is 0.155. The summed E-state index contributed by atoms with van der Waals surface area (Å²) in [5.74, 6) is 0. The van der Waals surface area contributed by atoms with E-state index in [1.54, 1.807) is 0 Å². The van der Waals surface area contributed by atoms with Gasteiger partial charge in [-0.2, -0.15) is 0 Å². The van der Waals surface area contributed by atoms with E-state index in [0.717, 1.165) is 6.54 Å². The summed E-state index contributed by atoms with van der Waals surface area (Å²) in [5, 5.41) is 20.0. The first kappa shape index (κ1) is 37.2. The van der Waals surface area contributed by atoms with Crippen molar-refractivity contribution in [1.29, 1.82) is 0 Å². The van der Waals surface area contributed by atoms with E-state index in [-0.39, 0.29) is 33.2 Å². The summed E-state index contributed by atoms with van der Waals surface area (Å²) in [7, 11) is 0.